The second-order valence-electron chi connectivity index (χ2n) is 4.04. The van der Waals surface area contributed by atoms with Crippen molar-refractivity contribution >= 4 is 0 Å². The predicted molar refractivity (Wildman–Crippen MR) is 51.5 cm³/mol. The molecule has 2 heterocycles. The number of hydrogen-bond acceptors (Lipinski definition) is 1. The highest BCUT2D eigenvalue weighted by Crippen LogP contribution is 2.50. The second kappa shape index (κ2) is 2.05. The lowest BCUT2D eigenvalue weighted by molar-refractivity contribution is 0.0111. The quantitative estimate of drug-likeness (QED) is 0.547. The van der Waals surface area contributed by atoms with Crippen molar-refractivity contribution in [1.82, 2.24) is 0 Å². The van der Waals surface area contributed by atoms with Gasteiger partial charge in [0, 0.05) is 0 Å². The van der Waals surface area contributed by atoms with Crippen molar-refractivity contribution in [3.8, 4) is 0 Å². The van der Waals surface area contributed by atoms with Gasteiger partial charge in [-0.1, -0.05) is 24.3 Å². The number of benzene rings is 1. The highest BCUT2D eigenvalue weighted by atomic mass is 16.5. The van der Waals surface area contributed by atoms with Crippen molar-refractivity contribution in [3.63, 3.8) is 0 Å². The molecule has 0 saturated heterocycles. The summed E-state index contributed by atoms with van der Waals surface area (Å²) in [6.07, 6.45) is 4.54. The topological polar surface area (TPSA) is 9.23 Å². The lowest BCUT2D eigenvalue weighted by atomic mass is 9.85. The van der Waals surface area contributed by atoms with Crippen molar-refractivity contribution in [3.05, 3.63) is 47.0 Å². The number of rotatable bonds is 0. The van der Waals surface area contributed by atoms with Gasteiger partial charge in [-0.05, 0) is 36.6 Å². The Kier molecular flexibility index (Phi) is 1.15. The largest absolute Gasteiger partial charge is 0.354 e. The molecular formula is C12H12O. The summed E-state index contributed by atoms with van der Waals surface area (Å²) >= 11 is 0. The van der Waals surface area contributed by atoms with Crippen LogP contribution in [0.4, 0.5) is 0 Å². The smallest absolute Gasteiger partial charge is 0.110 e. The molecule has 1 heteroatoms. The molecule has 0 aliphatic carbocycles. The Hall–Kier alpha value is -1.08. The van der Waals surface area contributed by atoms with E-state index in [0.29, 0.717) is 0 Å². The summed E-state index contributed by atoms with van der Waals surface area (Å²) in [4.78, 5) is 0. The van der Waals surface area contributed by atoms with E-state index in [0.717, 1.165) is 0 Å². The lowest BCUT2D eigenvalue weighted by Gasteiger charge is -2.20. The summed E-state index contributed by atoms with van der Waals surface area (Å²) < 4.78 is 5.90. The lowest BCUT2D eigenvalue weighted by Crippen LogP contribution is -2.16. The monoisotopic (exact) mass is 172 g/mol. The van der Waals surface area contributed by atoms with E-state index >= 15 is 0 Å². The summed E-state index contributed by atoms with van der Waals surface area (Å²) in [5, 5.41) is 0. The first-order valence-electron chi connectivity index (χ1n) is 4.68. The first-order valence-corrected chi connectivity index (χ1v) is 4.68. The Morgan fingerprint density at radius 1 is 1.38 bits per heavy atom. The standard InChI is InChI=1S/C12H12O/c1-8-4-3-5-9-10-6-7-12(2,13-10)11(8)9/h3-7,10H,1-2H3/t10-,12-/m1/s1. The van der Waals surface area contributed by atoms with Crippen molar-refractivity contribution in [2.45, 2.75) is 25.6 Å². The van der Waals surface area contributed by atoms with E-state index in [-0.39, 0.29) is 11.7 Å². The van der Waals surface area contributed by atoms with Crippen molar-refractivity contribution in [2.24, 2.45) is 0 Å². The predicted octanol–water partition coefficient (Wildman–Crippen LogP) is 2.85. The van der Waals surface area contributed by atoms with Crippen LogP contribution < -0.4 is 0 Å². The summed E-state index contributed by atoms with van der Waals surface area (Å²) in [7, 11) is 0. The molecule has 2 atom stereocenters. The Morgan fingerprint density at radius 3 is 3.00 bits per heavy atom. The molecule has 0 aromatic heterocycles. The van der Waals surface area contributed by atoms with E-state index in [4.69, 9.17) is 4.74 Å². The van der Waals surface area contributed by atoms with Crippen molar-refractivity contribution < 1.29 is 4.74 Å². The van der Waals surface area contributed by atoms with E-state index in [1.165, 1.54) is 16.7 Å². The van der Waals surface area contributed by atoms with Crippen LogP contribution in [-0.4, -0.2) is 0 Å². The normalized spacial score (nSPS) is 33.8. The van der Waals surface area contributed by atoms with E-state index < -0.39 is 0 Å². The fraction of sp³-hybridized carbons (Fsp3) is 0.333. The molecule has 1 nitrogen and oxygen atoms in total. The van der Waals surface area contributed by atoms with Gasteiger partial charge in [0.25, 0.3) is 0 Å². The van der Waals surface area contributed by atoms with E-state index in [2.05, 4.69) is 44.2 Å². The van der Waals surface area contributed by atoms with Crippen molar-refractivity contribution in [1.29, 1.82) is 0 Å². The molecule has 1 aromatic rings. The fourth-order valence-electron chi connectivity index (χ4n) is 2.53. The highest BCUT2D eigenvalue weighted by Gasteiger charge is 2.43. The minimum atomic E-state index is -0.147. The van der Waals surface area contributed by atoms with Crippen LogP contribution in [-0.2, 0) is 10.3 Å². The first kappa shape index (κ1) is 7.34. The SMILES string of the molecule is Cc1cccc2c1[C@@]1(C)C=C[C@H]2O1. The van der Waals surface area contributed by atoms with E-state index in [9.17, 15) is 0 Å². The Morgan fingerprint density at radius 2 is 2.23 bits per heavy atom. The van der Waals surface area contributed by atoms with Crippen LogP contribution in [0, 0.1) is 6.92 Å². The zero-order chi connectivity index (χ0) is 9.05. The zero-order valence-electron chi connectivity index (χ0n) is 7.87. The van der Waals surface area contributed by atoms with Gasteiger partial charge >= 0.3 is 0 Å². The minimum absolute atomic E-state index is 0.147. The van der Waals surface area contributed by atoms with Crippen LogP contribution >= 0.6 is 0 Å². The molecule has 0 N–H and O–H groups in total. The van der Waals surface area contributed by atoms with E-state index in [1.54, 1.807) is 0 Å². The zero-order valence-corrected chi connectivity index (χ0v) is 7.87. The molecule has 0 fully saturated rings. The Bertz CT molecular complexity index is 406. The maximum atomic E-state index is 5.90. The molecule has 2 bridgehead atoms. The molecule has 0 radical (unpaired) electrons. The van der Waals surface area contributed by atoms with Gasteiger partial charge in [0.05, 0.1) is 0 Å². The van der Waals surface area contributed by atoms with Gasteiger partial charge in [-0.15, -0.1) is 0 Å². The van der Waals surface area contributed by atoms with Gasteiger partial charge in [0.15, 0.2) is 0 Å². The van der Waals surface area contributed by atoms with Gasteiger partial charge in [0.2, 0.25) is 0 Å². The minimum Gasteiger partial charge on any atom is -0.354 e. The average molecular weight is 172 g/mol. The molecule has 0 spiro atoms. The third-order valence-corrected chi connectivity index (χ3v) is 3.07. The molecule has 0 unspecified atom stereocenters. The number of ether oxygens (including phenoxy) is 1. The molecule has 0 amide bonds. The molecule has 3 rings (SSSR count). The third-order valence-electron chi connectivity index (χ3n) is 3.07. The molecule has 13 heavy (non-hydrogen) atoms. The molecule has 2 aliphatic heterocycles. The number of hydrogen-bond donors (Lipinski definition) is 0. The maximum absolute atomic E-state index is 5.90. The molecule has 2 aliphatic rings. The highest BCUT2D eigenvalue weighted by molar-refractivity contribution is 5.50. The molecule has 1 aromatic carbocycles. The third kappa shape index (κ3) is 0.755. The van der Waals surface area contributed by atoms with Crippen LogP contribution in [0.15, 0.2) is 30.4 Å². The first-order chi connectivity index (χ1) is 6.21. The molecular weight excluding hydrogens is 160 g/mol. The van der Waals surface area contributed by atoms with Crippen LogP contribution in [0.25, 0.3) is 0 Å². The number of aryl methyl sites for hydroxylation is 1. The second-order valence-corrected chi connectivity index (χ2v) is 4.04. The van der Waals surface area contributed by atoms with Crippen molar-refractivity contribution in [2.75, 3.05) is 0 Å². The summed E-state index contributed by atoms with van der Waals surface area (Å²) in [5.41, 5.74) is 3.92. The van der Waals surface area contributed by atoms with Crippen LogP contribution in [0.1, 0.15) is 29.7 Å². The Balaban J connectivity index is 2.34. The average Bonchev–Trinajstić information content (AvgIpc) is 2.59. The van der Waals surface area contributed by atoms with Crippen LogP contribution in [0.5, 0.6) is 0 Å². The van der Waals surface area contributed by atoms with Gasteiger partial charge < -0.3 is 4.74 Å². The Labute approximate surface area is 78.0 Å². The summed E-state index contributed by atoms with van der Waals surface area (Å²) in [6.45, 7) is 4.30. The van der Waals surface area contributed by atoms with Gasteiger partial charge in [-0.25, -0.2) is 0 Å². The maximum Gasteiger partial charge on any atom is 0.110 e. The van der Waals surface area contributed by atoms with Gasteiger partial charge in [-0.3, -0.25) is 0 Å². The summed E-state index contributed by atoms with van der Waals surface area (Å²) in [6, 6.07) is 6.43. The number of fused-ring (bicyclic) bond motifs is 5. The summed E-state index contributed by atoms with van der Waals surface area (Å²) in [5.74, 6) is 0. The van der Waals surface area contributed by atoms with Gasteiger partial charge in [-0.2, -0.15) is 0 Å². The van der Waals surface area contributed by atoms with Gasteiger partial charge in [0.1, 0.15) is 11.7 Å². The molecule has 66 valence electrons. The van der Waals surface area contributed by atoms with E-state index in [1.807, 2.05) is 0 Å². The fourth-order valence-corrected chi connectivity index (χ4v) is 2.53. The van der Waals surface area contributed by atoms with Crippen LogP contribution in [0.3, 0.4) is 0 Å². The molecule has 0 saturated carbocycles. The van der Waals surface area contributed by atoms with Crippen LogP contribution in [0.2, 0.25) is 0 Å².